The third kappa shape index (κ3) is 4.28. The maximum absolute atomic E-state index is 13.5. The number of aryl methyl sites for hydroxylation is 1. The maximum Gasteiger partial charge on any atom is 0.274 e. The number of carbonyl (C=O) groups is 2. The molecule has 0 N–H and O–H groups in total. The quantitative estimate of drug-likeness (QED) is 0.613. The van der Waals surface area contributed by atoms with Crippen LogP contribution in [0.25, 0.3) is 10.4 Å². The first-order chi connectivity index (χ1) is 14.9. The first-order valence-electron chi connectivity index (χ1n) is 10.5. The fourth-order valence-corrected chi connectivity index (χ4v) is 5.36. The molecule has 7 heteroatoms. The molecular formula is C24H28N4O2S. The summed E-state index contributed by atoms with van der Waals surface area (Å²) in [5, 5.41) is 6.35. The van der Waals surface area contributed by atoms with Gasteiger partial charge >= 0.3 is 0 Å². The van der Waals surface area contributed by atoms with Gasteiger partial charge < -0.3 is 9.80 Å². The van der Waals surface area contributed by atoms with Gasteiger partial charge in [-0.15, -0.1) is 11.3 Å². The van der Waals surface area contributed by atoms with Crippen LogP contribution in [0.2, 0.25) is 0 Å². The van der Waals surface area contributed by atoms with E-state index in [9.17, 15) is 9.59 Å². The molecule has 1 atom stereocenters. The minimum absolute atomic E-state index is 0.0759. The van der Waals surface area contributed by atoms with Gasteiger partial charge in [0.25, 0.3) is 5.91 Å². The Balaban J connectivity index is 1.68. The topological polar surface area (TPSA) is 58.4 Å². The number of carbonyl (C=O) groups excluding carboxylic acids is 2. The summed E-state index contributed by atoms with van der Waals surface area (Å²) in [5.74, 6) is -0.0326. The Kier molecular flexibility index (Phi) is 5.96. The summed E-state index contributed by atoms with van der Waals surface area (Å²) in [6.07, 6.45) is 3.92. The fourth-order valence-electron chi connectivity index (χ4n) is 4.58. The molecule has 2 aromatic heterocycles. The Bertz CT molecular complexity index is 1070. The molecule has 1 fully saturated rings. The van der Waals surface area contributed by atoms with Crippen LogP contribution in [0.4, 0.5) is 0 Å². The van der Waals surface area contributed by atoms with E-state index in [0.29, 0.717) is 25.2 Å². The molecule has 1 aromatic carbocycles. The van der Waals surface area contributed by atoms with E-state index in [1.54, 1.807) is 59.2 Å². The van der Waals surface area contributed by atoms with Crippen LogP contribution in [0.3, 0.4) is 0 Å². The molecule has 162 valence electrons. The Morgan fingerprint density at radius 2 is 1.97 bits per heavy atom. The van der Waals surface area contributed by atoms with Crippen LogP contribution in [0.15, 0.2) is 54.0 Å². The van der Waals surface area contributed by atoms with Crippen LogP contribution in [-0.4, -0.2) is 58.6 Å². The van der Waals surface area contributed by atoms with Gasteiger partial charge in [0.15, 0.2) is 0 Å². The molecular weight excluding hydrogens is 408 g/mol. The van der Waals surface area contributed by atoms with Gasteiger partial charge in [0.2, 0.25) is 5.91 Å². The molecule has 1 unspecified atom stereocenters. The lowest BCUT2D eigenvalue weighted by molar-refractivity contribution is -0.142. The highest BCUT2D eigenvalue weighted by Crippen LogP contribution is 2.39. The number of hydrogen-bond acceptors (Lipinski definition) is 4. The van der Waals surface area contributed by atoms with Gasteiger partial charge in [-0.1, -0.05) is 30.3 Å². The van der Waals surface area contributed by atoms with Gasteiger partial charge in [-0.05, 0) is 47.9 Å². The second kappa shape index (κ2) is 8.67. The molecule has 0 spiro atoms. The van der Waals surface area contributed by atoms with Crippen molar-refractivity contribution in [3.8, 4) is 10.4 Å². The second-order valence-electron chi connectivity index (χ2n) is 8.50. The smallest absolute Gasteiger partial charge is 0.274 e. The SMILES string of the molecule is CN(C)C(=O)C1(Cc2ccccc2-c2cccs2)CCCN(C(=O)c2ccn(C)n2)C1. The molecule has 31 heavy (non-hydrogen) atoms. The summed E-state index contributed by atoms with van der Waals surface area (Å²) in [4.78, 5) is 31.3. The van der Waals surface area contributed by atoms with Crippen LogP contribution in [0.1, 0.15) is 28.9 Å². The van der Waals surface area contributed by atoms with E-state index in [2.05, 4.69) is 28.7 Å². The van der Waals surface area contributed by atoms with Crippen molar-refractivity contribution in [1.29, 1.82) is 0 Å². The third-order valence-electron chi connectivity index (χ3n) is 5.99. The van der Waals surface area contributed by atoms with Gasteiger partial charge in [0, 0.05) is 45.3 Å². The molecule has 4 rings (SSSR count). The van der Waals surface area contributed by atoms with Crippen molar-refractivity contribution in [3.63, 3.8) is 0 Å². The molecule has 1 aliphatic heterocycles. The van der Waals surface area contributed by atoms with Crippen molar-refractivity contribution in [2.24, 2.45) is 12.5 Å². The Labute approximate surface area is 187 Å². The summed E-state index contributed by atoms with van der Waals surface area (Å²) in [6.45, 7) is 1.04. The van der Waals surface area contributed by atoms with Crippen molar-refractivity contribution in [2.45, 2.75) is 19.3 Å². The highest BCUT2D eigenvalue weighted by molar-refractivity contribution is 7.13. The highest BCUT2D eigenvalue weighted by atomic mass is 32.1. The molecule has 1 aliphatic rings. The van der Waals surface area contributed by atoms with E-state index < -0.39 is 5.41 Å². The predicted molar refractivity (Wildman–Crippen MR) is 123 cm³/mol. The monoisotopic (exact) mass is 436 g/mol. The maximum atomic E-state index is 13.5. The zero-order chi connectivity index (χ0) is 22.0. The largest absolute Gasteiger partial charge is 0.348 e. The minimum atomic E-state index is -0.653. The van der Waals surface area contributed by atoms with Crippen LogP contribution >= 0.6 is 11.3 Å². The average Bonchev–Trinajstić information content (AvgIpc) is 3.45. The van der Waals surface area contributed by atoms with E-state index in [1.165, 1.54) is 4.88 Å². The molecule has 0 radical (unpaired) electrons. The van der Waals surface area contributed by atoms with E-state index in [1.807, 2.05) is 18.2 Å². The van der Waals surface area contributed by atoms with Gasteiger partial charge in [0.05, 0.1) is 5.41 Å². The van der Waals surface area contributed by atoms with Crippen LogP contribution in [0.5, 0.6) is 0 Å². The number of thiophene rings is 1. The fraction of sp³-hybridized carbons (Fsp3) is 0.375. The zero-order valence-corrected chi connectivity index (χ0v) is 19.1. The van der Waals surface area contributed by atoms with Crippen LogP contribution in [-0.2, 0) is 18.3 Å². The molecule has 6 nitrogen and oxygen atoms in total. The number of nitrogens with zero attached hydrogens (tertiary/aromatic N) is 4. The lowest BCUT2D eigenvalue weighted by Crippen LogP contribution is -2.54. The predicted octanol–water partition coefficient (Wildman–Crippen LogP) is 3.70. The normalized spacial score (nSPS) is 18.7. The summed E-state index contributed by atoms with van der Waals surface area (Å²) < 4.78 is 1.63. The minimum Gasteiger partial charge on any atom is -0.348 e. The second-order valence-corrected chi connectivity index (χ2v) is 9.44. The van der Waals surface area contributed by atoms with Gasteiger partial charge in [-0.25, -0.2) is 0 Å². The summed E-state index contributed by atoms with van der Waals surface area (Å²) in [7, 11) is 5.40. The number of likely N-dealkylation sites (tertiary alicyclic amines) is 1. The van der Waals surface area contributed by atoms with Crippen molar-refractivity contribution in [2.75, 3.05) is 27.2 Å². The van der Waals surface area contributed by atoms with E-state index >= 15 is 0 Å². The van der Waals surface area contributed by atoms with Crippen molar-refractivity contribution < 1.29 is 9.59 Å². The highest BCUT2D eigenvalue weighted by Gasteiger charge is 2.45. The number of benzene rings is 1. The Morgan fingerprint density at radius 3 is 2.65 bits per heavy atom. The van der Waals surface area contributed by atoms with Crippen LogP contribution in [0, 0.1) is 5.41 Å². The number of amides is 2. The van der Waals surface area contributed by atoms with Crippen molar-refractivity contribution >= 4 is 23.2 Å². The number of aromatic nitrogens is 2. The molecule has 1 saturated heterocycles. The number of hydrogen-bond donors (Lipinski definition) is 0. The van der Waals surface area contributed by atoms with Crippen LogP contribution < -0.4 is 0 Å². The van der Waals surface area contributed by atoms with E-state index in [4.69, 9.17) is 0 Å². The lowest BCUT2D eigenvalue weighted by atomic mass is 9.73. The standard InChI is InChI=1S/C24H28N4O2S/c1-26(2)23(30)24(16-18-8-4-5-9-19(18)21-10-6-15-31-21)12-7-13-28(17-24)22(29)20-11-14-27(3)25-20/h4-6,8-11,14-15H,7,12-13,16-17H2,1-3H3. The van der Waals surface area contributed by atoms with Gasteiger partial charge in [-0.3, -0.25) is 14.3 Å². The zero-order valence-electron chi connectivity index (χ0n) is 18.2. The molecule has 0 bridgehead atoms. The average molecular weight is 437 g/mol. The molecule has 0 saturated carbocycles. The number of rotatable bonds is 5. The molecule has 3 aromatic rings. The van der Waals surface area contributed by atoms with E-state index in [0.717, 1.165) is 24.0 Å². The third-order valence-corrected chi connectivity index (χ3v) is 6.89. The first kappa shape index (κ1) is 21.3. The Morgan fingerprint density at radius 1 is 1.16 bits per heavy atom. The van der Waals surface area contributed by atoms with E-state index in [-0.39, 0.29) is 11.8 Å². The van der Waals surface area contributed by atoms with Gasteiger partial charge in [-0.2, -0.15) is 5.10 Å². The van der Waals surface area contributed by atoms with Gasteiger partial charge in [0.1, 0.15) is 5.69 Å². The lowest BCUT2D eigenvalue weighted by Gasteiger charge is -2.43. The summed E-state index contributed by atoms with van der Waals surface area (Å²) >= 11 is 1.70. The number of piperidine rings is 1. The molecule has 2 amide bonds. The summed E-state index contributed by atoms with van der Waals surface area (Å²) in [5.41, 5.74) is 2.08. The van der Waals surface area contributed by atoms with Crippen molar-refractivity contribution in [3.05, 3.63) is 65.3 Å². The summed E-state index contributed by atoms with van der Waals surface area (Å²) in [6, 6.07) is 14.2. The molecule has 0 aliphatic carbocycles. The Hall–Kier alpha value is -2.93. The molecule has 3 heterocycles. The van der Waals surface area contributed by atoms with Crippen molar-refractivity contribution in [1.82, 2.24) is 19.6 Å². The first-order valence-corrected chi connectivity index (χ1v) is 11.4.